The second-order valence-corrected chi connectivity index (χ2v) is 6.83. The number of hydrogen-bond donors (Lipinski definition) is 2. The van der Waals surface area contributed by atoms with Crippen LogP contribution in [0, 0.1) is 0 Å². The third-order valence-corrected chi connectivity index (χ3v) is 3.97. The van der Waals surface area contributed by atoms with Gasteiger partial charge in [-0.2, -0.15) is 0 Å². The molecule has 0 spiro atoms. The van der Waals surface area contributed by atoms with Gasteiger partial charge in [-0.3, -0.25) is 14.4 Å². The van der Waals surface area contributed by atoms with E-state index >= 15 is 0 Å². The van der Waals surface area contributed by atoms with Crippen molar-refractivity contribution in [2.75, 3.05) is 92.4 Å². The topological polar surface area (TPSA) is 148 Å². The van der Waals surface area contributed by atoms with Gasteiger partial charge in [0.25, 0.3) is 0 Å². The van der Waals surface area contributed by atoms with Gasteiger partial charge >= 0.3 is 11.9 Å². The Labute approximate surface area is 201 Å². The predicted octanol–water partition coefficient (Wildman–Crippen LogP) is 0.410. The quantitative estimate of drug-likeness (QED) is 0.127. The van der Waals surface area contributed by atoms with Crippen molar-refractivity contribution < 1.29 is 52.6 Å². The fraction of sp³-hybridized carbons (Fsp3) is 0.864. The van der Waals surface area contributed by atoms with E-state index in [2.05, 4.69) is 5.32 Å². The molecule has 12 heteroatoms. The summed E-state index contributed by atoms with van der Waals surface area (Å²) in [6.45, 7) is 7.96. The minimum atomic E-state index is -0.984. The standard InChI is InChI=1S/C22H41NO11/c1-2-34-22(27)6-9-29-11-13-31-15-17-33-19-18-32-16-14-30-12-10-28-8-3-7-23-20(24)4-5-21(25)26/h2-19H2,1H3,(H,23,24)(H,25,26). The first-order chi connectivity index (χ1) is 16.6. The van der Waals surface area contributed by atoms with E-state index in [1.807, 2.05) is 0 Å². The summed E-state index contributed by atoms with van der Waals surface area (Å²) in [5.41, 5.74) is 0. The van der Waals surface area contributed by atoms with Crippen LogP contribution in [0.5, 0.6) is 0 Å². The molecule has 0 fully saturated rings. The van der Waals surface area contributed by atoms with Crippen molar-refractivity contribution in [3.05, 3.63) is 0 Å². The van der Waals surface area contributed by atoms with Crippen LogP contribution in [0.2, 0.25) is 0 Å². The van der Waals surface area contributed by atoms with E-state index in [1.54, 1.807) is 6.92 Å². The monoisotopic (exact) mass is 495 g/mol. The number of carboxylic acid groups (broad SMARTS) is 1. The Hall–Kier alpha value is -1.83. The summed E-state index contributed by atoms with van der Waals surface area (Å²) in [7, 11) is 0. The Morgan fingerprint density at radius 3 is 1.50 bits per heavy atom. The van der Waals surface area contributed by atoms with Gasteiger partial charge in [-0.05, 0) is 13.3 Å². The Morgan fingerprint density at radius 2 is 1.06 bits per heavy atom. The number of ether oxygens (including phenoxy) is 7. The van der Waals surface area contributed by atoms with Crippen LogP contribution in [0.3, 0.4) is 0 Å². The molecule has 200 valence electrons. The lowest BCUT2D eigenvalue weighted by atomic mass is 10.3. The zero-order valence-corrected chi connectivity index (χ0v) is 20.3. The largest absolute Gasteiger partial charge is 0.481 e. The Kier molecular flexibility index (Phi) is 24.4. The summed E-state index contributed by atoms with van der Waals surface area (Å²) in [4.78, 5) is 32.7. The van der Waals surface area contributed by atoms with E-state index in [-0.39, 0.29) is 31.1 Å². The van der Waals surface area contributed by atoms with Gasteiger partial charge in [-0.25, -0.2) is 0 Å². The summed E-state index contributed by atoms with van der Waals surface area (Å²) in [5.74, 6) is -1.51. The molecule has 0 aliphatic rings. The van der Waals surface area contributed by atoms with Gasteiger partial charge in [0.15, 0.2) is 0 Å². The van der Waals surface area contributed by atoms with Crippen molar-refractivity contribution in [2.24, 2.45) is 0 Å². The fourth-order valence-electron chi connectivity index (χ4n) is 2.30. The van der Waals surface area contributed by atoms with Crippen molar-refractivity contribution in [2.45, 2.75) is 32.6 Å². The number of rotatable bonds is 26. The first kappa shape index (κ1) is 32.2. The summed E-state index contributed by atoms with van der Waals surface area (Å²) in [5, 5.41) is 11.1. The average Bonchev–Trinajstić information content (AvgIpc) is 2.81. The molecule has 0 aromatic rings. The lowest BCUT2D eigenvalue weighted by Crippen LogP contribution is -2.25. The number of carbonyl (C=O) groups is 3. The Morgan fingerprint density at radius 1 is 0.618 bits per heavy atom. The van der Waals surface area contributed by atoms with Gasteiger partial charge in [0.05, 0.1) is 92.1 Å². The molecular formula is C22H41NO11. The van der Waals surface area contributed by atoms with Crippen molar-refractivity contribution >= 4 is 17.8 Å². The zero-order valence-electron chi connectivity index (χ0n) is 20.3. The lowest BCUT2D eigenvalue weighted by molar-refractivity contribution is -0.144. The molecule has 0 aromatic carbocycles. The number of nitrogens with one attached hydrogen (secondary N) is 1. The fourth-order valence-corrected chi connectivity index (χ4v) is 2.30. The van der Waals surface area contributed by atoms with E-state index < -0.39 is 5.97 Å². The van der Waals surface area contributed by atoms with Gasteiger partial charge in [-0.15, -0.1) is 0 Å². The van der Waals surface area contributed by atoms with Crippen LogP contribution in [0.4, 0.5) is 0 Å². The molecular weight excluding hydrogens is 454 g/mol. The summed E-state index contributed by atoms with van der Waals surface area (Å²) < 4.78 is 37.0. The van der Waals surface area contributed by atoms with E-state index in [4.69, 9.17) is 38.3 Å². The molecule has 0 heterocycles. The highest BCUT2D eigenvalue weighted by atomic mass is 16.6. The zero-order chi connectivity index (χ0) is 25.1. The molecule has 0 aliphatic heterocycles. The van der Waals surface area contributed by atoms with Crippen LogP contribution in [0.1, 0.15) is 32.6 Å². The van der Waals surface area contributed by atoms with E-state index in [0.717, 1.165) is 0 Å². The van der Waals surface area contributed by atoms with Gasteiger partial charge in [0.1, 0.15) is 0 Å². The number of carbonyl (C=O) groups excluding carboxylic acids is 2. The summed E-state index contributed by atoms with van der Waals surface area (Å²) in [6.07, 6.45) is 0.726. The number of carboxylic acids is 1. The summed E-state index contributed by atoms with van der Waals surface area (Å²) in [6, 6.07) is 0. The highest BCUT2D eigenvalue weighted by Gasteiger charge is 2.04. The maximum atomic E-state index is 11.3. The third-order valence-electron chi connectivity index (χ3n) is 3.97. The van der Waals surface area contributed by atoms with E-state index in [1.165, 1.54) is 0 Å². The smallest absolute Gasteiger partial charge is 0.308 e. The second-order valence-electron chi connectivity index (χ2n) is 6.83. The summed E-state index contributed by atoms with van der Waals surface area (Å²) >= 11 is 0. The maximum Gasteiger partial charge on any atom is 0.308 e. The number of aliphatic carboxylic acids is 1. The molecule has 0 aliphatic carbocycles. The normalized spacial score (nSPS) is 10.9. The van der Waals surface area contributed by atoms with Crippen LogP contribution in [-0.4, -0.2) is 115 Å². The lowest BCUT2D eigenvalue weighted by Gasteiger charge is -2.08. The molecule has 12 nitrogen and oxygen atoms in total. The third kappa shape index (κ3) is 26.4. The molecule has 34 heavy (non-hydrogen) atoms. The molecule has 0 atom stereocenters. The molecule has 0 radical (unpaired) electrons. The minimum Gasteiger partial charge on any atom is -0.481 e. The van der Waals surface area contributed by atoms with Gasteiger partial charge in [0, 0.05) is 19.6 Å². The van der Waals surface area contributed by atoms with Gasteiger partial charge in [0.2, 0.25) is 5.91 Å². The van der Waals surface area contributed by atoms with Crippen LogP contribution in [0.25, 0.3) is 0 Å². The van der Waals surface area contributed by atoms with E-state index in [0.29, 0.717) is 98.9 Å². The highest BCUT2D eigenvalue weighted by molar-refractivity contribution is 5.80. The minimum absolute atomic E-state index is 0.00954. The van der Waals surface area contributed by atoms with Crippen LogP contribution in [-0.2, 0) is 47.5 Å². The van der Waals surface area contributed by atoms with Gasteiger partial charge < -0.3 is 43.6 Å². The highest BCUT2D eigenvalue weighted by Crippen LogP contribution is 1.90. The van der Waals surface area contributed by atoms with Crippen LogP contribution < -0.4 is 5.32 Å². The SMILES string of the molecule is CCOC(=O)CCOCCOCCOCCOCCOCCOCCCNC(=O)CCC(=O)O. The average molecular weight is 496 g/mol. The van der Waals surface area contributed by atoms with Gasteiger partial charge in [-0.1, -0.05) is 0 Å². The Balaban J connectivity index is 3.12. The van der Waals surface area contributed by atoms with Crippen molar-refractivity contribution in [3.63, 3.8) is 0 Å². The molecule has 0 saturated heterocycles. The first-order valence-corrected chi connectivity index (χ1v) is 11.7. The van der Waals surface area contributed by atoms with Crippen LogP contribution >= 0.6 is 0 Å². The number of amides is 1. The maximum absolute atomic E-state index is 11.3. The molecule has 0 saturated carbocycles. The van der Waals surface area contributed by atoms with Crippen molar-refractivity contribution in [3.8, 4) is 0 Å². The first-order valence-electron chi connectivity index (χ1n) is 11.7. The number of hydrogen-bond acceptors (Lipinski definition) is 10. The van der Waals surface area contributed by atoms with E-state index in [9.17, 15) is 14.4 Å². The number of esters is 1. The second kappa shape index (κ2) is 25.8. The van der Waals surface area contributed by atoms with Crippen molar-refractivity contribution in [1.29, 1.82) is 0 Å². The van der Waals surface area contributed by atoms with Crippen LogP contribution in [0.15, 0.2) is 0 Å². The molecule has 0 aromatic heterocycles. The molecule has 0 unspecified atom stereocenters. The predicted molar refractivity (Wildman–Crippen MR) is 121 cm³/mol. The Bertz CT molecular complexity index is 505. The molecule has 0 bridgehead atoms. The molecule has 1 amide bonds. The van der Waals surface area contributed by atoms with Crippen molar-refractivity contribution in [1.82, 2.24) is 5.32 Å². The molecule has 0 rings (SSSR count). The molecule has 2 N–H and O–H groups in total.